The number of anilines is 1. The summed E-state index contributed by atoms with van der Waals surface area (Å²) in [5.74, 6) is -1.29. The Morgan fingerprint density at radius 2 is 1.88 bits per heavy atom. The van der Waals surface area contributed by atoms with Crippen molar-refractivity contribution in [2.75, 3.05) is 11.9 Å². The summed E-state index contributed by atoms with van der Waals surface area (Å²) in [7, 11) is 0. The molecule has 136 valence electrons. The highest BCUT2D eigenvalue weighted by atomic mass is 16.6. The van der Waals surface area contributed by atoms with Crippen molar-refractivity contribution >= 4 is 23.3 Å². The number of nitro benzene ring substituents is 1. The van der Waals surface area contributed by atoms with Gasteiger partial charge in [-0.15, -0.1) is 0 Å². The molecule has 0 aliphatic carbocycles. The highest BCUT2D eigenvalue weighted by molar-refractivity contribution is 5.97. The number of hydrogen-bond acceptors (Lipinski definition) is 6. The Labute approximate surface area is 149 Å². The lowest BCUT2D eigenvalue weighted by Crippen LogP contribution is -2.30. The molecule has 1 atom stereocenters. The summed E-state index contributed by atoms with van der Waals surface area (Å²) >= 11 is 0. The minimum absolute atomic E-state index is 0.0421. The quantitative estimate of drug-likeness (QED) is 0.463. The van der Waals surface area contributed by atoms with Crippen LogP contribution in [0.2, 0.25) is 0 Å². The summed E-state index contributed by atoms with van der Waals surface area (Å²) < 4.78 is 10.3. The van der Waals surface area contributed by atoms with Gasteiger partial charge in [0.2, 0.25) is 0 Å². The molecule has 0 heterocycles. The van der Waals surface area contributed by atoms with Gasteiger partial charge in [-0.1, -0.05) is 18.2 Å². The van der Waals surface area contributed by atoms with E-state index in [9.17, 15) is 19.7 Å². The van der Waals surface area contributed by atoms with Gasteiger partial charge in [-0.3, -0.25) is 14.9 Å². The highest BCUT2D eigenvalue weighted by Crippen LogP contribution is 2.28. The first kappa shape index (κ1) is 18.9. The second kappa shape index (κ2) is 8.61. The van der Waals surface area contributed by atoms with Crippen LogP contribution >= 0.6 is 0 Å². The Balaban J connectivity index is 2.07. The van der Waals surface area contributed by atoms with Crippen LogP contribution in [0.5, 0.6) is 5.75 Å². The monoisotopic (exact) mass is 358 g/mol. The average molecular weight is 358 g/mol. The number of nitrogens with zero attached hydrogens (tertiary/aromatic N) is 1. The van der Waals surface area contributed by atoms with Gasteiger partial charge < -0.3 is 14.8 Å². The summed E-state index contributed by atoms with van der Waals surface area (Å²) in [6.07, 6.45) is -1.08. The lowest BCUT2D eigenvalue weighted by Gasteiger charge is -2.14. The van der Waals surface area contributed by atoms with E-state index < -0.39 is 22.9 Å². The first-order valence-electron chi connectivity index (χ1n) is 7.90. The lowest BCUT2D eigenvalue weighted by atomic mass is 10.2. The molecular weight excluding hydrogens is 340 g/mol. The van der Waals surface area contributed by atoms with Crippen molar-refractivity contribution < 1.29 is 24.0 Å². The molecule has 8 nitrogen and oxygen atoms in total. The number of nitrogens with one attached hydrogen (secondary N) is 1. The van der Waals surface area contributed by atoms with Gasteiger partial charge in [-0.05, 0) is 38.1 Å². The number of ether oxygens (including phenoxy) is 2. The summed E-state index contributed by atoms with van der Waals surface area (Å²) in [6, 6.07) is 12.4. The van der Waals surface area contributed by atoms with Crippen LogP contribution in [0.3, 0.4) is 0 Å². The molecule has 2 rings (SSSR count). The third-order valence-corrected chi connectivity index (χ3v) is 3.39. The van der Waals surface area contributed by atoms with E-state index in [1.165, 1.54) is 19.1 Å². The molecule has 1 amide bonds. The largest absolute Gasteiger partial charge is 0.487 e. The Bertz CT molecular complexity index is 807. The molecule has 0 bridgehead atoms. The normalized spacial score (nSPS) is 11.3. The summed E-state index contributed by atoms with van der Waals surface area (Å²) in [4.78, 5) is 34.7. The molecule has 0 aliphatic rings. The number of nitro groups is 1. The molecular formula is C18H18N2O6. The number of benzene rings is 2. The summed E-state index contributed by atoms with van der Waals surface area (Å²) in [5, 5.41) is 13.7. The number of para-hydroxylation sites is 1. The molecule has 0 unspecified atom stereocenters. The van der Waals surface area contributed by atoms with Crippen molar-refractivity contribution in [1.82, 2.24) is 0 Å². The molecule has 0 saturated heterocycles. The molecule has 0 spiro atoms. The molecule has 0 saturated carbocycles. The van der Waals surface area contributed by atoms with Gasteiger partial charge in [-0.25, -0.2) is 4.79 Å². The zero-order valence-electron chi connectivity index (χ0n) is 14.3. The van der Waals surface area contributed by atoms with Crippen molar-refractivity contribution in [3.05, 3.63) is 64.2 Å². The maximum atomic E-state index is 12.2. The van der Waals surface area contributed by atoms with Gasteiger partial charge in [0, 0.05) is 11.8 Å². The summed E-state index contributed by atoms with van der Waals surface area (Å²) in [6.45, 7) is 3.36. The van der Waals surface area contributed by atoms with Gasteiger partial charge in [0.1, 0.15) is 0 Å². The van der Waals surface area contributed by atoms with Gasteiger partial charge in [0.05, 0.1) is 17.1 Å². The Morgan fingerprint density at radius 1 is 1.19 bits per heavy atom. The van der Waals surface area contributed by atoms with Crippen molar-refractivity contribution in [1.29, 1.82) is 0 Å². The van der Waals surface area contributed by atoms with Crippen LogP contribution in [-0.2, 0) is 9.53 Å². The SMILES string of the molecule is CCOc1ccc(C(=O)O[C@@H](C)C(=O)Nc2ccccc2)cc1[N+](=O)[O-]. The van der Waals surface area contributed by atoms with Crippen LogP contribution in [0.1, 0.15) is 24.2 Å². The van der Waals surface area contributed by atoms with E-state index in [-0.39, 0.29) is 23.6 Å². The molecule has 0 aromatic heterocycles. The standard InChI is InChI=1S/C18H18N2O6/c1-3-25-16-10-9-13(11-15(16)20(23)24)18(22)26-12(2)17(21)19-14-7-5-4-6-8-14/h4-12H,3H2,1-2H3,(H,19,21)/t12-/m0/s1. The van der Waals surface area contributed by atoms with Gasteiger partial charge in [0.25, 0.3) is 5.91 Å². The van der Waals surface area contributed by atoms with Crippen LogP contribution in [0.15, 0.2) is 48.5 Å². The molecule has 0 fully saturated rings. The number of carbonyl (C=O) groups excluding carboxylic acids is 2. The second-order valence-corrected chi connectivity index (χ2v) is 5.28. The minimum atomic E-state index is -1.08. The third kappa shape index (κ3) is 4.79. The molecule has 0 aliphatic heterocycles. The van der Waals surface area contributed by atoms with Gasteiger partial charge >= 0.3 is 11.7 Å². The van der Waals surface area contributed by atoms with Crippen LogP contribution in [0.4, 0.5) is 11.4 Å². The average Bonchev–Trinajstić information content (AvgIpc) is 2.62. The molecule has 0 radical (unpaired) electrons. The predicted molar refractivity (Wildman–Crippen MR) is 94.2 cm³/mol. The van der Waals surface area contributed by atoms with E-state index >= 15 is 0 Å². The Morgan fingerprint density at radius 3 is 2.50 bits per heavy atom. The van der Waals surface area contributed by atoms with Gasteiger partial charge in [0.15, 0.2) is 11.9 Å². The second-order valence-electron chi connectivity index (χ2n) is 5.28. The van der Waals surface area contributed by atoms with Crippen molar-refractivity contribution in [3.63, 3.8) is 0 Å². The number of esters is 1. The molecule has 8 heteroatoms. The fraction of sp³-hybridized carbons (Fsp3) is 0.222. The number of rotatable bonds is 7. The van der Waals surface area contributed by atoms with Crippen LogP contribution in [-0.4, -0.2) is 29.5 Å². The van der Waals surface area contributed by atoms with E-state index in [1.54, 1.807) is 37.3 Å². The smallest absolute Gasteiger partial charge is 0.339 e. The van der Waals surface area contributed by atoms with Crippen LogP contribution in [0.25, 0.3) is 0 Å². The molecule has 2 aromatic carbocycles. The zero-order valence-corrected chi connectivity index (χ0v) is 14.3. The van der Waals surface area contributed by atoms with E-state index in [1.807, 2.05) is 0 Å². The third-order valence-electron chi connectivity index (χ3n) is 3.39. The highest BCUT2D eigenvalue weighted by Gasteiger charge is 2.23. The minimum Gasteiger partial charge on any atom is -0.487 e. The van der Waals surface area contributed by atoms with E-state index in [0.29, 0.717) is 5.69 Å². The van der Waals surface area contributed by atoms with Crippen molar-refractivity contribution in [3.8, 4) is 5.75 Å². The lowest BCUT2D eigenvalue weighted by molar-refractivity contribution is -0.385. The van der Waals surface area contributed by atoms with E-state index in [2.05, 4.69) is 5.32 Å². The van der Waals surface area contributed by atoms with Crippen LogP contribution < -0.4 is 10.1 Å². The molecule has 26 heavy (non-hydrogen) atoms. The van der Waals surface area contributed by atoms with Crippen molar-refractivity contribution in [2.24, 2.45) is 0 Å². The first-order chi connectivity index (χ1) is 12.4. The fourth-order valence-electron chi connectivity index (χ4n) is 2.11. The maximum Gasteiger partial charge on any atom is 0.339 e. The summed E-state index contributed by atoms with van der Waals surface area (Å²) in [5.41, 5.74) is 0.180. The molecule has 1 N–H and O–H groups in total. The number of carbonyl (C=O) groups is 2. The van der Waals surface area contributed by atoms with Gasteiger partial charge in [-0.2, -0.15) is 0 Å². The van der Waals surface area contributed by atoms with E-state index in [4.69, 9.17) is 9.47 Å². The topological polar surface area (TPSA) is 108 Å². The van der Waals surface area contributed by atoms with Crippen molar-refractivity contribution in [2.45, 2.75) is 20.0 Å². The number of amides is 1. The Hall–Kier alpha value is -3.42. The Kier molecular flexibility index (Phi) is 6.26. The predicted octanol–water partition coefficient (Wildman–Crippen LogP) is 3.18. The first-order valence-corrected chi connectivity index (χ1v) is 7.90. The maximum absolute atomic E-state index is 12.2. The number of hydrogen-bond donors (Lipinski definition) is 1. The fourth-order valence-corrected chi connectivity index (χ4v) is 2.11. The van der Waals surface area contributed by atoms with Crippen LogP contribution in [0, 0.1) is 10.1 Å². The zero-order chi connectivity index (χ0) is 19.1. The molecule has 2 aromatic rings. The van der Waals surface area contributed by atoms with E-state index in [0.717, 1.165) is 6.07 Å².